The summed E-state index contributed by atoms with van der Waals surface area (Å²) in [7, 11) is -3.73. The van der Waals surface area contributed by atoms with Gasteiger partial charge in [-0.05, 0) is 47.7 Å². The summed E-state index contributed by atoms with van der Waals surface area (Å²) in [5, 5.41) is -0.276. The van der Waals surface area contributed by atoms with Crippen molar-refractivity contribution in [3.63, 3.8) is 0 Å². The van der Waals surface area contributed by atoms with Crippen LogP contribution >= 0.6 is 0 Å². The van der Waals surface area contributed by atoms with Crippen molar-refractivity contribution in [1.29, 1.82) is 0 Å². The van der Waals surface area contributed by atoms with Crippen molar-refractivity contribution >= 4 is 22.0 Å². The lowest BCUT2D eigenvalue weighted by atomic mass is 9.78. The van der Waals surface area contributed by atoms with Gasteiger partial charge in [0.15, 0.2) is 20.4 Å². The predicted molar refractivity (Wildman–Crippen MR) is 98.7 cm³/mol. The molecule has 1 unspecified atom stereocenters. The van der Waals surface area contributed by atoms with Crippen molar-refractivity contribution in [2.75, 3.05) is 6.26 Å². The van der Waals surface area contributed by atoms with Crippen molar-refractivity contribution in [3.8, 4) is 11.1 Å². The van der Waals surface area contributed by atoms with Crippen molar-refractivity contribution in [2.45, 2.75) is 31.3 Å². The van der Waals surface area contributed by atoms with E-state index in [9.17, 15) is 23.3 Å². The maximum absolute atomic E-state index is 13.5. The number of aryl methyl sites for hydroxylation is 1. The van der Waals surface area contributed by atoms with Gasteiger partial charge in [0, 0.05) is 18.0 Å². The van der Waals surface area contributed by atoms with Crippen LogP contribution in [0.15, 0.2) is 34.3 Å². The highest BCUT2D eigenvalue weighted by Crippen LogP contribution is 2.39. The molecule has 0 aliphatic carbocycles. The highest BCUT2D eigenvalue weighted by Gasteiger charge is 2.47. The van der Waals surface area contributed by atoms with E-state index in [1.165, 1.54) is 30.5 Å². The molecule has 0 N–H and O–H groups in total. The van der Waals surface area contributed by atoms with Crippen molar-refractivity contribution in [3.05, 3.63) is 46.9 Å². The summed E-state index contributed by atoms with van der Waals surface area (Å²) in [6.07, 6.45) is 2.27. The number of benzene rings is 1. The van der Waals surface area contributed by atoms with Gasteiger partial charge in [-0.3, -0.25) is 4.79 Å². The van der Waals surface area contributed by atoms with Crippen LogP contribution in [-0.2, 0) is 20.2 Å². The molecule has 3 rings (SSSR count). The zero-order chi connectivity index (χ0) is 20.1. The number of hydrogen-bond acceptors (Lipinski definition) is 4. The molecule has 1 atom stereocenters. The van der Waals surface area contributed by atoms with Gasteiger partial charge in [0.2, 0.25) is 0 Å². The van der Waals surface area contributed by atoms with Crippen LogP contribution < -0.4 is 5.73 Å². The Balaban J connectivity index is 2.45. The molecule has 0 bridgehead atoms. The summed E-state index contributed by atoms with van der Waals surface area (Å²) in [6.45, 7) is 4.94. The second-order valence-electron chi connectivity index (χ2n) is 6.99. The first-order chi connectivity index (χ1) is 12.5. The summed E-state index contributed by atoms with van der Waals surface area (Å²) in [6, 6.07) is 5.46. The highest BCUT2D eigenvalue weighted by atomic mass is 32.2. The summed E-state index contributed by atoms with van der Waals surface area (Å²) in [5.74, 6) is -1.82. The highest BCUT2D eigenvalue weighted by molar-refractivity contribution is 7.90. The SMILES string of the molecule is Cc1cc(F)ccc1-c1cc(S(C)(=O)=O)nc2c1C=NC(=O)C2([N])C(C)C. The van der Waals surface area contributed by atoms with Crippen molar-refractivity contribution in [1.82, 2.24) is 10.7 Å². The van der Waals surface area contributed by atoms with Gasteiger partial charge >= 0.3 is 0 Å². The van der Waals surface area contributed by atoms with Gasteiger partial charge in [-0.15, -0.1) is 5.73 Å². The number of nitrogens with zero attached hydrogens (tertiary/aromatic N) is 3. The maximum atomic E-state index is 13.5. The average molecular weight is 387 g/mol. The smallest absolute Gasteiger partial charge is 0.270 e. The third kappa shape index (κ3) is 3.08. The third-order valence-electron chi connectivity index (χ3n) is 4.73. The third-order valence-corrected chi connectivity index (χ3v) is 5.70. The first-order valence-corrected chi connectivity index (χ1v) is 10.2. The molecule has 2 radical (unpaired) electrons. The molecule has 1 aromatic carbocycles. The zero-order valence-electron chi connectivity index (χ0n) is 15.3. The van der Waals surface area contributed by atoms with E-state index in [0.717, 1.165) is 6.26 Å². The average Bonchev–Trinajstić information content (AvgIpc) is 2.56. The summed E-state index contributed by atoms with van der Waals surface area (Å²) < 4.78 is 37.9. The minimum absolute atomic E-state index is 0.0563. The summed E-state index contributed by atoms with van der Waals surface area (Å²) >= 11 is 0. The number of aliphatic imine (C=N–C) groups is 1. The summed E-state index contributed by atoms with van der Waals surface area (Å²) in [4.78, 5) is 20.3. The second-order valence-corrected chi connectivity index (χ2v) is 8.95. The Hall–Kier alpha value is -2.45. The number of amides is 1. The number of hydrogen-bond donors (Lipinski definition) is 0. The van der Waals surface area contributed by atoms with Crippen LogP contribution in [-0.4, -0.2) is 31.8 Å². The van der Waals surface area contributed by atoms with Crippen LogP contribution in [0.3, 0.4) is 0 Å². The molecule has 2 aromatic rings. The van der Waals surface area contributed by atoms with E-state index in [2.05, 4.69) is 9.98 Å². The van der Waals surface area contributed by atoms with E-state index >= 15 is 0 Å². The van der Waals surface area contributed by atoms with Gasteiger partial charge in [0.05, 0.1) is 5.69 Å². The molecular formula is C19H18FN3O3S. The van der Waals surface area contributed by atoms with E-state index in [0.29, 0.717) is 22.3 Å². The summed E-state index contributed by atoms with van der Waals surface area (Å²) in [5.41, 5.74) is 10.8. The van der Waals surface area contributed by atoms with E-state index in [1.807, 2.05) is 0 Å². The number of carbonyl (C=O) groups is 1. The molecule has 1 aliphatic heterocycles. The fourth-order valence-corrected chi connectivity index (χ4v) is 3.73. The molecule has 1 aromatic heterocycles. The minimum Gasteiger partial charge on any atom is -0.270 e. The normalized spacial score (nSPS) is 19.4. The number of halogens is 1. The molecule has 27 heavy (non-hydrogen) atoms. The standard InChI is InChI=1S/C19H18FN3O3S/c1-10(2)19(21)17-15(9-22-18(19)24)14(8-16(23-17)27(4,25)26)13-6-5-12(20)7-11(13)3/h5-10H,1-4H3. The Kier molecular flexibility index (Phi) is 4.52. The zero-order valence-corrected chi connectivity index (χ0v) is 16.1. The van der Waals surface area contributed by atoms with Crippen LogP contribution in [0.2, 0.25) is 0 Å². The molecule has 0 saturated carbocycles. The van der Waals surface area contributed by atoms with Gasteiger partial charge in [-0.25, -0.2) is 22.8 Å². The molecular weight excluding hydrogens is 369 g/mol. The molecule has 0 saturated heterocycles. The predicted octanol–water partition coefficient (Wildman–Crippen LogP) is 2.48. The van der Waals surface area contributed by atoms with Gasteiger partial charge in [0.1, 0.15) is 5.82 Å². The Morgan fingerprint density at radius 2 is 1.85 bits per heavy atom. The number of carbonyl (C=O) groups excluding carboxylic acids is 1. The van der Waals surface area contributed by atoms with E-state index in [1.54, 1.807) is 20.8 Å². The quantitative estimate of drug-likeness (QED) is 0.808. The molecule has 1 amide bonds. The van der Waals surface area contributed by atoms with Crippen LogP contribution in [0.5, 0.6) is 0 Å². The largest absolute Gasteiger partial charge is 0.275 e. The Bertz CT molecular complexity index is 1090. The van der Waals surface area contributed by atoms with Crippen molar-refractivity contribution in [2.24, 2.45) is 10.9 Å². The van der Waals surface area contributed by atoms with Crippen LogP contribution in [0, 0.1) is 18.7 Å². The monoisotopic (exact) mass is 387 g/mol. The fraction of sp³-hybridized carbons (Fsp3) is 0.316. The molecule has 2 heterocycles. The molecule has 8 heteroatoms. The number of aromatic nitrogens is 1. The van der Waals surface area contributed by atoms with E-state index in [4.69, 9.17) is 0 Å². The number of rotatable bonds is 3. The molecule has 1 aliphatic rings. The van der Waals surface area contributed by atoms with Gasteiger partial charge < -0.3 is 0 Å². The van der Waals surface area contributed by atoms with Crippen LogP contribution in [0.25, 0.3) is 11.1 Å². The molecule has 6 nitrogen and oxygen atoms in total. The van der Waals surface area contributed by atoms with Gasteiger partial charge in [-0.2, -0.15) is 0 Å². The van der Waals surface area contributed by atoms with Crippen LogP contribution in [0.1, 0.15) is 30.7 Å². The van der Waals surface area contributed by atoms with E-state index < -0.39 is 33.0 Å². The van der Waals surface area contributed by atoms with Crippen molar-refractivity contribution < 1.29 is 17.6 Å². The Morgan fingerprint density at radius 1 is 1.19 bits per heavy atom. The molecule has 0 spiro atoms. The Morgan fingerprint density at radius 3 is 2.41 bits per heavy atom. The Labute approximate surface area is 157 Å². The number of fused-ring (bicyclic) bond motifs is 1. The lowest BCUT2D eigenvalue weighted by Crippen LogP contribution is -2.45. The van der Waals surface area contributed by atoms with Gasteiger partial charge in [-0.1, -0.05) is 19.9 Å². The van der Waals surface area contributed by atoms with Gasteiger partial charge in [0.25, 0.3) is 5.91 Å². The second kappa shape index (κ2) is 6.31. The minimum atomic E-state index is -3.73. The van der Waals surface area contributed by atoms with Crippen LogP contribution in [0.4, 0.5) is 4.39 Å². The topological polar surface area (TPSA) is 98.8 Å². The lowest BCUT2D eigenvalue weighted by molar-refractivity contribution is -0.125. The lowest BCUT2D eigenvalue weighted by Gasteiger charge is -2.31. The molecule has 0 fully saturated rings. The molecule has 140 valence electrons. The van der Waals surface area contributed by atoms with E-state index in [-0.39, 0.29) is 10.7 Å². The maximum Gasteiger partial charge on any atom is 0.275 e. The first-order valence-electron chi connectivity index (χ1n) is 8.29. The first kappa shape index (κ1) is 19.3. The fourth-order valence-electron chi connectivity index (χ4n) is 3.14. The number of pyridine rings is 1. The number of sulfone groups is 1.